The normalized spacial score (nSPS) is 14.8. The van der Waals surface area contributed by atoms with Crippen LogP contribution in [0.25, 0.3) is 0 Å². The van der Waals surface area contributed by atoms with Gasteiger partial charge in [0.05, 0.1) is 11.6 Å². The van der Waals surface area contributed by atoms with Crippen molar-refractivity contribution in [1.82, 2.24) is 5.32 Å². The largest absolute Gasteiger partial charge is 0.492 e. The van der Waals surface area contributed by atoms with Gasteiger partial charge in [0.1, 0.15) is 5.75 Å². The van der Waals surface area contributed by atoms with E-state index < -0.39 is 0 Å². The Balaban J connectivity index is 1.91. The van der Waals surface area contributed by atoms with Crippen LogP contribution in [0.5, 0.6) is 5.75 Å². The monoisotopic (exact) mass is 267 g/mol. The smallest absolute Gasteiger partial charge is 0.142 e. The van der Waals surface area contributed by atoms with Crippen molar-refractivity contribution >= 4 is 11.6 Å². The maximum absolute atomic E-state index is 6.22. The van der Waals surface area contributed by atoms with Gasteiger partial charge in [-0.15, -0.1) is 0 Å². The van der Waals surface area contributed by atoms with Gasteiger partial charge in [-0.3, -0.25) is 0 Å². The van der Waals surface area contributed by atoms with Gasteiger partial charge in [0.2, 0.25) is 0 Å². The van der Waals surface area contributed by atoms with E-state index in [1.54, 1.807) is 0 Å². The van der Waals surface area contributed by atoms with Crippen molar-refractivity contribution in [2.45, 2.75) is 39.2 Å². The molecule has 0 saturated heterocycles. The number of rotatable bonds is 8. The zero-order chi connectivity index (χ0) is 12.8. The van der Waals surface area contributed by atoms with Crippen LogP contribution >= 0.6 is 11.6 Å². The molecule has 2 nitrogen and oxygen atoms in total. The lowest BCUT2D eigenvalue weighted by molar-refractivity contribution is 0.299. The van der Waals surface area contributed by atoms with Gasteiger partial charge in [0, 0.05) is 12.1 Å². The Morgan fingerprint density at radius 3 is 2.94 bits per heavy atom. The summed E-state index contributed by atoms with van der Waals surface area (Å²) in [4.78, 5) is 0. The SMILES string of the molecule is CCCNCc1cccc(Cl)c1OCCC1CC1. The van der Waals surface area contributed by atoms with Crippen molar-refractivity contribution in [3.8, 4) is 5.75 Å². The Bertz CT molecular complexity index is 377. The number of hydrogen-bond acceptors (Lipinski definition) is 2. The van der Waals surface area contributed by atoms with Gasteiger partial charge in [-0.05, 0) is 31.4 Å². The quantitative estimate of drug-likeness (QED) is 0.719. The molecule has 1 aromatic carbocycles. The molecule has 0 atom stereocenters. The average Bonchev–Trinajstić information content (AvgIpc) is 3.17. The average molecular weight is 268 g/mol. The second kappa shape index (κ2) is 7.01. The minimum Gasteiger partial charge on any atom is -0.492 e. The predicted molar refractivity (Wildman–Crippen MR) is 76.3 cm³/mol. The molecule has 1 aliphatic carbocycles. The summed E-state index contributed by atoms with van der Waals surface area (Å²) in [6.07, 6.45) is 5.04. The highest BCUT2D eigenvalue weighted by Gasteiger charge is 2.21. The molecule has 0 unspecified atom stereocenters. The van der Waals surface area contributed by atoms with Crippen LogP contribution in [-0.4, -0.2) is 13.2 Å². The van der Waals surface area contributed by atoms with E-state index in [0.29, 0.717) is 0 Å². The molecule has 0 spiro atoms. The highest BCUT2D eigenvalue weighted by molar-refractivity contribution is 6.32. The fraction of sp³-hybridized carbons (Fsp3) is 0.600. The molecule has 0 aromatic heterocycles. The van der Waals surface area contributed by atoms with E-state index in [1.807, 2.05) is 12.1 Å². The van der Waals surface area contributed by atoms with Crippen LogP contribution in [0.2, 0.25) is 5.02 Å². The van der Waals surface area contributed by atoms with Gasteiger partial charge in [-0.1, -0.05) is 43.5 Å². The molecule has 0 aliphatic heterocycles. The first-order valence-electron chi connectivity index (χ1n) is 6.92. The van der Waals surface area contributed by atoms with Crippen LogP contribution in [0.1, 0.15) is 38.2 Å². The molecule has 1 fully saturated rings. The lowest BCUT2D eigenvalue weighted by atomic mass is 10.2. The summed E-state index contributed by atoms with van der Waals surface area (Å²) in [6.45, 7) is 4.80. The second-order valence-corrected chi connectivity index (χ2v) is 5.39. The molecule has 0 radical (unpaired) electrons. The number of halogens is 1. The Morgan fingerprint density at radius 2 is 2.22 bits per heavy atom. The molecule has 1 saturated carbocycles. The highest BCUT2D eigenvalue weighted by atomic mass is 35.5. The summed E-state index contributed by atoms with van der Waals surface area (Å²) < 4.78 is 5.88. The van der Waals surface area contributed by atoms with E-state index in [9.17, 15) is 0 Å². The molecule has 0 bridgehead atoms. The lowest BCUT2D eigenvalue weighted by Crippen LogP contribution is -2.15. The van der Waals surface area contributed by atoms with E-state index in [4.69, 9.17) is 16.3 Å². The van der Waals surface area contributed by atoms with Crippen LogP contribution in [0.3, 0.4) is 0 Å². The molecule has 100 valence electrons. The fourth-order valence-corrected chi connectivity index (χ4v) is 2.24. The van der Waals surface area contributed by atoms with E-state index >= 15 is 0 Å². The summed E-state index contributed by atoms with van der Waals surface area (Å²) in [5, 5.41) is 4.12. The Morgan fingerprint density at radius 1 is 1.39 bits per heavy atom. The topological polar surface area (TPSA) is 21.3 Å². The van der Waals surface area contributed by atoms with Gasteiger partial charge in [0.15, 0.2) is 0 Å². The van der Waals surface area contributed by atoms with Crippen LogP contribution in [0.15, 0.2) is 18.2 Å². The molecule has 1 aromatic rings. The van der Waals surface area contributed by atoms with Crippen molar-refractivity contribution in [3.63, 3.8) is 0 Å². The van der Waals surface area contributed by atoms with Crippen LogP contribution in [0, 0.1) is 5.92 Å². The number of ether oxygens (including phenoxy) is 1. The molecule has 2 rings (SSSR count). The van der Waals surface area contributed by atoms with Crippen molar-refractivity contribution in [3.05, 3.63) is 28.8 Å². The van der Waals surface area contributed by atoms with Gasteiger partial charge in [-0.25, -0.2) is 0 Å². The summed E-state index contributed by atoms with van der Waals surface area (Å²) in [5.41, 5.74) is 1.16. The van der Waals surface area contributed by atoms with E-state index in [1.165, 1.54) is 12.8 Å². The Kier molecular flexibility index (Phi) is 5.33. The lowest BCUT2D eigenvalue weighted by Gasteiger charge is -2.13. The van der Waals surface area contributed by atoms with Crippen molar-refractivity contribution in [2.75, 3.05) is 13.2 Å². The Labute approximate surface area is 115 Å². The summed E-state index contributed by atoms with van der Waals surface area (Å²) in [7, 11) is 0. The van der Waals surface area contributed by atoms with Crippen LogP contribution in [0.4, 0.5) is 0 Å². The minimum atomic E-state index is 0.724. The maximum atomic E-state index is 6.22. The maximum Gasteiger partial charge on any atom is 0.142 e. The first-order chi connectivity index (χ1) is 8.81. The number of nitrogens with one attached hydrogen (secondary N) is 1. The summed E-state index contributed by atoms with van der Waals surface area (Å²) in [6, 6.07) is 5.97. The number of benzene rings is 1. The number of hydrogen-bond donors (Lipinski definition) is 1. The molecule has 1 aliphatic rings. The molecule has 0 amide bonds. The first-order valence-corrected chi connectivity index (χ1v) is 7.30. The predicted octanol–water partition coefficient (Wildman–Crippen LogP) is 4.02. The molecular weight excluding hydrogens is 246 g/mol. The molecule has 18 heavy (non-hydrogen) atoms. The molecule has 0 heterocycles. The summed E-state index contributed by atoms with van der Waals surface area (Å²) in [5.74, 6) is 1.76. The third-order valence-electron chi connectivity index (χ3n) is 3.26. The van der Waals surface area contributed by atoms with Crippen LogP contribution < -0.4 is 10.1 Å². The van der Waals surface area contributed by atoms with Gasteiger partial charge in [-0.2, -0.15) is 0 Å². The second-order valence-electron chi connectivity index (χ2n) is 4.99. The van der Waals surface area contributed by atoms with E-state index in [-0.39, 0.29) is 0 Å². The zero-order valence-corrected chi connectivity index (χ0v) is 11.8. The van der Waals surface area contributed by atoms with Crippen LogP contribution in [-0.2, 0) is 6.54 Å². The van der Waals surface area contributed by atoms with E-state index in [2.05, 4.69) is 18.3 Å². The van der Waals surface area contributed by atoms with E-state index in [0.717, 1.165) is 54.8 Å². The van der Waals surface area contributed by atoms with Crippen molar-refractivity contribution in [1.29, 1.82) is 0 Å². The summed E-state index contributed by atoms with van der Waals surface area (Å²) >= 11 is 6.22. The standard InChI is InChI=1S/C15H22ClNO/c1-2-9-17-11-13-4-3-5-14(16)15(13)18-10-8-12-6-7-12/h3-5,12,17H,2,6-11H2,1H3. The van der Waals surface area contributed by atoms with Crippen molar-refractivity contribution in [2.24, 2.45) is 5.92 Å². The van der Waals surface area contributed by atoms with Gasteiger partial charge >= 0.3 is 0 Å². The highest BCUT2D eigenvalue weighted by Crippen LogP contribution is 2.34. The Hall–Kier alpha value is -0.730. The third-order valence-corrected chi connectivity index (χ3v) is 3.56. The minimum absolute atomic E-state index is 0.724. The fourth-order valence-electron chi connectivity index (χ4n) is 1.99. The molecule has 3 heteroatoms. The number of para-hydroxylation sites is 1. The zero-order valence-electron chi connectivity index (χ0n) is 11.0. The van der Waals surface area contributed by atoms with Gasteiger partial charge < -0.3 is 10.1 Å². The third kappa shape index (κ3) is 4.18. The van der Waals surface area contributed by atoms with Crippen molar-refractivity contribution < 1.29 is 4.74 Å². The molecule has 1 N–H and O–H groups in total. The molecular formula is C15H22ClNO. The first kappa shape index (κ1) is 13.7. The van der Waals surface area contributed by atoms with Gasteiger partial charge in [0.25, 0.3) is 0 Å².